The van der Waals surface area contributed by atoms with Crippen molar-refractivity contribution in [2.24, 2.45) is 0 Å². The maximum absolute atomic E-state index is 13.3. The molecule has 0 spiro atoms. The van der Waals surface area contributed by atoms with Crippen LogP contribution in [-0.2, 0) is 13.1 Å². The topological polar surface area (TPSA) is 76.4 Å². The lowest BCUT2D eigenvalue weighted by Crippen LogP contribution is -2.17. The lowest BCUT2D eigenvalue weighted by Gasteiger charge is -2.12. The molecule has 3 heterocycles. The third-order valence-corrected chi connectivity index (χ3v) is 4.58. The number of rotatable bonds is 5. The molecule has 8 heteroatoms. The van der Waals surface area contributed by atoms with E-state index in [1.54, 1.807) is 6.07 Å². The summed E-state index contributed by atoms with van der Waals surface area (Å²) in [7, 11) is 1.95. The van der Waals surface area contributed by atoms with Crippen molar-refractivity contribution in [2.45, 2.75) is 13.1 Å². The van der Waals surface area contributed by atoms with E-state index in [9.17, 15) is 4.39 Å². The van der Waals surface area contributed by atoms with E-state index < -0.39 is 0 Å². The van der Waals surface area contributed by atoms with Gasteiger partial charge in [-0.1, -0.05) is 5.16 Å². The Morgan fingerprint density at radius 1 is 1.07 bits per heavy atom. The highest BCUT2D eigenvalue weighted by Crippen LogP contribution is 2.35. The molecule has 7 nitrogen and oxygen atoms in total. The van der Waals surface area contributed by atoms with Crippen molar-refractivity contribution in [1.29, 1.82) is 0 Å². The van der Waals surface area contributed by atoms with Crippen LogP contribution in [0.1, 0.15) is 11.6 Å². The molecule has 0 unspecified atom stereocenters. The van der Waals surface area contributed by atoms with Crippen molar-refractivity contribution in [1.82, 2.24) is 20.0 Å². The molecule has 2 aromatic carbocycles. The van der Waals surface area contributed by atoms with Crippen LogP contribution in [0.5, 0.6) is 11.5 Å². The van der Waals surface area contributed by atoms with Gasteiger partial charge in [-0.3, -0.25) is 4.90 Å². The number of ether oxygens (including phenoxy) is 2. The van der Waals surface area contributed by atoms with Gasteiger partial charge in [0.25, 0.3) is 0 Å². The Morgan fingerprint density at radius 3 is 2.89 bits per heavy atom. The number of hydrogen-bond acceptors (Lipinski definition) is 6. The number of halogens is 1. The average molecular weight is 380 g/mol. The predicted molar refractivity (Wildman–Crippen MR) is 99.3 cm³/mol. The Hall–Kier alpha value is -3.39. The summed E-state index contributed by atoms with van der Waals surface area (Å²) in [5.41, 5.74) is 2.70. The van der Waals surface area contributed by atoms with Gasteiger partial charge in [0.15, 0.2) is 11.5 Å². The third kappa shape index (κ3) is 3.18. The van der Waals surface area contributed by atoms with Crippen LogP contribution in [0.15, 0.2) is 47.0 Å². The first-order valence-electron chi connectivity index (χ1n) is 8.82. The van der Waals surface area contributed by atoms with E-state index >= 15 is 0 Å². The van der Waals surface area contributed by atoms with Crippen molar-refractivity contribution in [3.05, 3.63) is 59.9 Å². The fraction of sp³-hybridized carbons (Fsp3) is 0.200. The molecule has 0 radical (unpaired) electrons. The van der Waals surface area contributed by atoms with E-state index in [0.717, 1.165) is 22.2 Å². The summed E-state index contributed by atoms with van der Waals surface area (Å²) < 4.78 is 29.4. The van der Waals surface area contributed by atoms with E-state index in [2.05, 4.69) is 15.1 Å². The SMILES string of the molecule is CN(Cc1cc2cc(F)ccc2[nH]1)Cc1nc(-c2ccc3c(c2)OCO3)no1. The second-order valence-electron chi connectivity index (χ2n) is 6.78. The summed E-state index contributed by atoms with van der Waals surface area (Å²) >= 11 is 0. The minimum Gasteiger partial charge on any atom is -0.454 e. The number of fused-ring (bicyclic) bond motifs is 2. The van der Waals surface area contributed by atoms with Gasteiger partial charge < -0.3 is 19.0 Å². The standard InChI is InChI=1S/C20H17FN4O3/c1-25(9-15-7-13-6-14(21)3-4-16(13)22-15)10-19-23-20(24-28-19)12-2-5-17-18(8-12)27-11-26-17/h2-8,22H,9-11H2,1H3. The van der Waals surface area contributed by atoms with Gasteiger partial charge in [0.05, 0.1) is 6.54 Å². The molecule has 1 aliphatic heterocycles. The first-order valence-corrected chi connectivity index (χ1v) is 8.82. The molecule has 0 saturated carbocycles. The zero-order valence-electron chi connectivity index (χ0n) is 15.1. The zero-order chi connectivity index (χ0) is 19.1. The van der Waals surface area contributed by atoms with E-state index in [1.807, 2.05) is 36.2 Å². The van der Waals surface area contributed by atoms with Crippen LogP contribution in [0.25, 0.3) is 22.3 Å². The van der Waals surface area contributed by atoms with Gasteiger partial charge >= 0.3 is 0 Å². The van der Waals surface area contributed by atoms with Gasteiger partial charge in [0.2, 0.25) is 18.5 Å². The average Bonchev–Trinajstić information content (AvgIpc) is 3.39. The summed E-state index contributed by atoms with van der Waals surface area (Å²) in [6.07, 6.45) is 0. The third-order valence-electron chi connectivity index (χ3n) is 4.58. The number of aromatic nitrogens is 3. The van der Waals surface area contributed by atoms with E-state index in [-0.39, 0.29) is 12.6 Å². The molecular weight excluding hydrogens is 363 g/mol. The monoisotopic (exact) mass is 380 g/mol. The number of H-pyrrole nitrogens is 1. The molecule has 0 amide bonds. The van der Waals surface area contributed by atoms with Gasteiger partial charge in [-0.15, -0.1) is 0 Å². The summed E-state index contributed by atoms with van der Waals surface area (Å²) in [6.45, 7) is 1.35. The fourth-order valence-corrected chi connectivity index (χ4v) is 3.30. The minimum absolute atomic E-state index is 0.224. The number of nitrogens with one attached hydrogen (secondary N) is 1. The van der Waals surface area contributed by atoms with Crippen LogP contribution < -0.4 is 9.47 Å². The highest BCUT2D eigenvalue weighted by Gasteiger charge is 2.17. The predicted octanol–water partition coefficient (Wildman–Crippen LogP) is 3.72. The Balaban J connectivity index is 1.28. The minimum atomic E-state index is -0.242. The Morgan fingerprint density at radius 2 is 1.96 bits per heavy atom. The molecule has 5 rings (SSSR count). The Kier molecular flexibility index (Phi) is 3.98. The molecule has 0 saturated heterocycles. The maximum atomic E-state index is 13.3. The van der Waals surface area contributed by atoms with Crippen molar-refractivity contribution in [3.8, 4) is 22.9 Å². The molecule has 4 aromatic rings. The summed E-state index contributed by atoms with van der Waals surface area (Å²) in [5.74, 6) is 2.16. The Bertz CT molecular complexity index is 1150. The molecule has 2 aromatic heterocycles. The number of hydrogen-bond donors (Lipinski definition) is 1. The van der Waals surface area contributed by atoms with Crippen LogP contribution >= 0.6 is 0 Å². The van der Waals surface area contributed by atoms with Crippen LogP contribution in [0.3, 0.4) is 0 Å². The van der Waals surface area contributed by atoms with Crippen LogP contribution in [-0.4, -0.2) is 33.9 Å². The van der Waals surface area contributed by atoms with Gasteiger partial charge in [-0.05, 0) is 49.5 Å². The summed E-state index contributed by atoms with van der Waals surface area (Å²) in [5, 5.41) is 4.91. The molecule has 0 atom stereocenters. The van der Waals surface area contributed by atoms with Crippen molar-refractivity contribution >= 4 is 10.9 Å². The van der Waals surface area contributed by atoms with Gasteiger partial charge in [-0.2, -0.15) is 4.98 Å². The number of benzene rings is 2. The number of nitrogens with zero attached hydrogens (tertiary/aromatic N) is 3. The number of aromatic amines is 1. The molecule has 142 valence electrons. The van der Waals surface area contributed by atoms with Crippen molar-refractivity contribution in [2.75, 3.05) is 13.8 Å². The zero-order valence-corrected chi connectivity index (χ0v) is 15.1. The maximum Gasteiger partial charge on any atom is 0.241 e. The summed E-state index contributed by atoms with van der Waals surface area (Å²) in [4.78, 5) is 9.80. The van der Waals surface area contributed by atoms with Crippen LogP contribution in [0.2, 0.25) is 0 Å². The lowest BCUT2D eigenvalue weighted by atomic mass is 10.2. The molecule has 0 bridgehead atoms. The van der Waals surface area contributed by atoms with Crippen molar-refractivity contribution in [3.63, 3.8) is 0 Å². The fourth-order valence-electron chi connectivity index (χ4n) is 3.30. The molecule has 0 fully saturated rings. The lowest BCUT2D eigenvalue weighted by molar-refractivity contribution is 0.174. The molecule has 28 heavy (non-hydrogen) atoms. The highest BCUT2D eigenvalue weighted by molar-refractivity contribution is 5.80. The van der Waals surface area contributed by atoms with E-state index in [0.29, 0.717) is 36.3 Å². The van der Waals surface area contributed by atoms with Crippen LogP contribution in [0, 0.1) is 5.82 Å². The molecule has 0 aliphatic carbocycles. The second kappa shape index (κ2) is 6.65. The van der Waals surface area contributed by atoms with Gasteiger partial charge in [0, 0.05) is 28.7 Å². The first-order chi connectivity index (χ1) is 13.6. The highest BCUT2D eigenvalue weighted by atomic mass is 19.1. The molecule has 1 N–H and O–H groups in total. The van der Waals surface area contributed by atoms with Gasteiger partial charge in [0.1, 0.15) is 5.82 Å². The van der Waals surface area contributed by atoms with Gasteiger partial charge in [-0.25, -0.2) is 4.39 Å². The second-order valence-corrected chi connectivity index (χ2v) is 6.78. The van der Waals surface area contributed by atoms with Crippen molar-refractivity contribution < 1.29 is 18.4 Å². The first kappa shape index (κ1) is 16.8. The molecule has 1 aliphatic rings. The smallest absolute Gasteiger partial charge is 0.241 e. The Labute approximate surface area is 159 Å². The van der Waals surface area contributed by atoms with E-state index in [4.69, 9.17) is 14.0 Å². The van der Waals surface area contributed by atoms with Crippen LogP contribution in [0.4, 0.5) is 4.39 Å². The largest absolute Gasteiger partial charge is 0.454 e. The normalized spacial score (nSPS) is 13.0. The summed E-state index contributed by atoms with van der Waals surface area (Å²) in [6, 6.07) is 12.2. The van der Waals surface area contributed by atoms with E-state index in [1.165, 1.54) is 12.1 Å². The quantitative estimate of drug-likeness (QED) is 0.569. The molecular formula is C20H17FN4O3.